The summed E-state index contributed by atoms with van der Waals surface area (Å²) in [6, 6.07) is 15.1. The number of para-hydroxylation sites is 1. The van der Waals surface area contributed by atoms with Crippen LogP contribution in [0.1, 0.15) is 30.0 Å². The van der Waals surface area contributed by atoms with E-state index in [4.69, 9.17) is 0 Å². The Morgan fingerprint density at radius 2 is 1.73 bits per heavy atom. The van der Waals surface area contributed by atoms with Crippen molar-refractivity contribution in [2.45, 2.75) is 25.3 Å². The lowest BCUT2D eigenvalue weighted by molar-refractivity contribution is -0.142. The summed E-state index contributed by atoms with van der Waals surface area (Å²) in [5, 5.41) is 11.9. The number of amides is 2. The van der Waals surface area contributed by atoms with Gasteiger partial charge in [-0.1, -0.05) is 48.5 Å². The third-order valence-electron chi connectivity index (χ3n) is 4.44. The van der Waals surface area contributed by atoms with Crippen molar-refractivity contribution in [2.24, 2.45) is 0 Å². The van der Waals surface area contributed by atoms with Crippen molar-refractivity contribution < 1.29 is 19.5 Å². The zero-order chi connectivity index (χ0) is 18.5. The highest BCUT2D eigenvalue weighted by Crippen LogP contribution is 2.27. The van der Waals surface area contributed by atoms with E-state index in [2.05, 4.69) is 5.32 Å². The Morgan fingerprint density at radius 1 is 1.04 bits per heavy atom. The predicted octanol–water partition coefficient (Wildman–Crippen LogP) is 2.30. The maximum atomic E-state index is 12.3. The number of carbonyl (C=O) groups is 3. The first-order chi connectivity index (χ1) is 12.6. The highest BCUT2D eigenvalue weighted by molar-refractivity contribution is 5.97. The fraction of sp³-hybridized carbons (Fsp3) is 0.250. The number of fused-ring (bicyclic) bond motifs is 1. The highest BCUT2D eigenvalue weighted by atomic mass is 16.4. The molecule has 2 amide bonds. The van der Waals surface area contributed by atoms with Gasteiger partial charge in [0, 0.05) is 25.1 Å². The molecule has 3 rings (SSSR count). The smallest absolute Gasteiger partial charge is 0.330 e. The summed E-state index contributed by atoms with van der Waals surface area (Å²) < 4.78 is 0. The van der Waals surface area contributed by atoms with Gasteiger partial charge >= 0.3 is 5.97 Å². The van der Waals surface area contributed by atoms with Crippen LogP contribution in [0.3, 0.4) is 0 Å². The number of carboxylic acid groups (broad SMARTS) is 1. The molecule has 2 aromatic rings. The van der Waals surface area contributed by atoms with Gasteiger partial charge in [-0.05, 0) is 23.6 Å². The van der Waals surface area contributed by atoms with Crippen molar-refractivity contribution in [1.29, 1.82) is 0 Å². The predicted molar refractivity (Wildman–Crippen MR) is 96.7 cm³/mol. The average Bonchev–Trinajstić information content (AvgIpc) is 2.65. The molecule has 6 nitrogen and oxygen atoms in total. The Labute approximate surface area is 151 Å². The van der Waals surface area contributed by atoms with E-state index in [1.54, 1.807) is 35.2 Å². The molecule has 1 aliphatic heterocycles. The second-order valence-electron chi connectivity index (χ2n) is 6.17. The SMILES string of the molecule is O=C(CCN1C(=O)CCc2ccccc21)N[C@H](C(=O)O)c1ccccc1. The van der Waals surface area contributed by atoms with E-state index in [0.29, 0.717) is 18.4 Å². The molecule has 6 heteroatoms. The summed E-state index contributed by atoms with van der Waals surface area (Å²) in [6.45, 7) is 0.225. The Hall–Kier alpha value is -3.15. The zero-order valence-electron chi connectivity index (χ0n) is 14.2. The average molecular weight is 352 g/mol. The summed E-state index contributed by atoms with van der Waals surface area (Å²) in [5.41, 5.74) is 2.42. The normalized spacial score (nSPS) is 14.5. The van der Waals surface area contributed by atoms with Crippen LogP contribution in [0.2, 0.25) is 0 Å². The summed E-state index contributed by atoms with van der Waals surface area (Å²) in [6.07, 6.45) is 1.16. The molecule has 1 atom stereocenters. The number of benzene rings is 2. The Kier molecular flexibility index (Phi) is 5.31. The first kappa shape index (κ1) is 17.7. The monoisotopic (exact) mass is 352 g/mol. The fourth-order valence-corrected chi connectivity index (χ4v) is 3.12. The van der Waals surface area contributed by atoms with Crippen molar-refractivity contribution >= 4 is 23.5 Å². The van der Waals surface area contributed by atoms with E-state index in [-0.39, 0.29) is 18.9 Å². The minimum absolute atomic E-state index is 0.0191. The van der Waals surface area contributed by atoms with Crippen molar-refractivity contribution in [1.82, 2.24) is 5.32 Å². The van der Waals surface area contributed by atoms with E-state index in [9.17, 15) is 19.5 Å². The summed E-state index contributed by atoms with van der Waals surface area (Å²) >= 11 is 0. The molecule has 0 fully saturated rings. The van der Waals surface area contributed by atoms with Crippen LogP contribution in [0.4, 0.5) is 5.69 Å². The van der Waals surface area contributed by atoms with Crippen LogP contribution in [-0.2, 0) is 20.8 Å². The van der Waals surface area contributed by atoms with E-state index < -0.39 is 17.9 Å². The van der Waals surface area contributed by atoms with Gasteiger partial charge in [-0.15, -0.1) is 0 Å². The maximum Gasteiger partial charge on any atom is 0.330 e. The molecule has 0 unspecified atom stereocenters. The molecule has 0 saturated heterocycles. The highest BCUT2D eigenvalue weighted by Gasteiger charge is 2.26. The zero-order valence-corrected chi connectivity index (χ0v) is 14.2. The van der Waals surface area contributed by atoms with Crippen LogP contribution in [0, 0.1) is 0 Å². The van der Waals surface area contributed by atoms with E-state index in [0.717, 1.165) is 11.3 Å². The van der Waals surface area contributed by atoms with Gasteiger partial charge in [0.05, 0.1) is 0 Å². The van der Waals surface area contributed by atoms with Crippen molar-refractivity contribution in [3.05, 3.63) is 65.7 Å². The molecule has 26 heavy (non-hydrogen) atoms. The summed E-state index contributed by atoms with van der Waals surface area (Å²) in [4.78, 5) is 37.6. The Morgan fingerprint density at radius 3 is 2.46 bits per heavy atom. The molecule has 0 aromatic heterocycles. The number of aryl methyl sites for hydroxylation is 1. The fourth-order valence-electron chi connectivity index (χ4n) is 3.12. The molecule has 0 bridgehead atoms. The van der Waals surface area contributed by atoms with Crippen LogP contribution in [0.15, 0.2) is 54.6 Å². The van der Waals surface area contributed by atoms with Gasteiger partial charge in [0.1, 0.15) is 0 Å². The Bertz CT molecular complexity index is 820. The van der Waals surface area contributed by atoms with E-state index in [1.807, 2.05) is 24.3 Å². The minimum atomic E-state index is -1.12. The number of hydrogen-bond acceptors (Lipinski definition) is 3. The number of aliphatic carboxylic acids is 1. The number of nitrogens with one attached hydrogen (secondary N) is 1. The van der Waals surface area contributed by atoms with Gasteiger partial charge in [-0.2, -0.15) is 0 Å². The topological polar surface area (TPSA) is 86.7 Å². The molecular weight excluding hydrogens is 332 g/mol. The molecular formula is C20H20N2O4. The maximum absolute atomic E-state index is 12.3. The first-order valence-electron chi connectivity index (χ1n) is 8.51. The number of hydrogen-bond donors (Lipinski definition) is 2. The molecule has 2 aromatic carbocycles. The molecule has 0 spiro atoms. The van der Waals surface area contributed by atoms with Crippen molar-refractivity contribution in [3.8, 4) is 0 Å². The molecule has 0 saturated carbocycles. The third kappa shape index (κ3) is 3.91. The van der Waals surface area contributed by atoms with Gasteiger partial charge in [0.25, 0.3) is 0 Å². The van der Waals surface area contributed by atoms with Crippen LogP contribution in [0.25, 0.3) is 0 Å². The van der Waals surface area contributed by atoms with Crippen molar-refractivity contribution in [3.63, 3.8) is 0 Å². The third-order valence-corrected chi connectivity index (χ3v) is 4.44. The van der Waals surface area contributed by atoms with Crippen LogP contribution < -0.4 is 10.2 Å². The molecule has 2 N–H and O–H groups in total. The lowest BCUT2D eigenvalue weighted by Crippen LogP contribution is -2.39. The lowest BCUT2D eigenvalue weighted by Gasteiger charge is -2.29. The minimum Gasteiger partial charge on any atom is -0.479 e. The quantitative estimate of drug-likeness (QED) is 0.835. The van der Waals surface area contributed by atoms with Gasteiger partial charge < -0.3 is 15.3 Å². The Balaban J connectivity index is 1.65. The standard InChI is InChI=1S/C20H20N2O4/c23-17(21-19(20(25)26)15-7-2-1-3-8-15)12-13-22-16-9-5-4-6-14(16)10-11-18(22)24/h1-9,19H,10-13H2,(H,21,23)(H,25,26)/t19-/m0/s1. The summed E-state index contributed by atoms with van der Waals surface area (Å²) in [5.74, 6) is -1.55. The van der Waals surface area contributed by atoms with Crippen LogP contribution in [0.5, 0.6) is 0 Å². The van der Waals surface area contributed by atoms with E-state index >= 15 is 0 Å². The molecule has 0 aliphatic carbocycles. The molecule has 1 aliphatic rings. The van der Waals surface area contributed by atoms with Gasteiger partial charge in [0.15, 0.2) is 6.04 Å². The number of nitrogens with zero attached hydrogens (tertiary/aromatic N) is 1. The molecule has 0 radical (unpaired) electrons. The number of anilines is 1. The van der Waals surface area contributed by atoms with Gasteiger partial charge in [-0.3, -0.25) is 9.59 Å². The second-order valence-corrected chi connectivity index (χ2v) is 6.17. The second kappa shape index (κ2) is 7.82. The molecule has 1 heterocycles. The van der Waals surface area contributed by atoms with Crippen LogP contribution >= 0.6 is 0 Å². The first-order valence-corrected chi connectivity index (χ1v) is 8.51. The number of rotatable bonds is 6. The largest absolute Gasteiger partial charge is 0.479 e. The summed E-state index contributed by atoms with van der Waals surface area (Å²) in [7, 11) is 0. The number of carboxylic acids is 1. The lowest BCUT2D eigenvalue weighted by atomic mass is 10.0. The van der Waals surface area contributed by atoms with Crippen molar-refractivity contribution in [2.75, 3.05) is 11.4 Å². The van der Waals surface area contributed by atoms with Gasteiger partial charge in [0.2, 0.25) is 11.8 Å². The van der Waals surface area contributed by atoms with Gasteiger partial charge in [-0.25, -0.2) is 4.79 Å². The molecule has 134 valence electrons. The van der Waals surface area contributed by atoms with E-state index in [1.165, 1.54) is 0 Å². The van der Waals surface area contributed by atoms with Crippen LogP contribution in [-0.4, -0.2) is 29.4 Å². The number of carbonyl (C=O) groups excluding carboxylic acids is 2.